The van der Waals surface area contributed by atoms with Gasteiger partial charge in [0, 0.05) is 24.7 Å². The molecule has 0 saturated heterocycles. The number of rotatable bonds is 7. The fraction of sp³-hybridized carbons (Fsp3) is 0.286. The van der Waals surface area contributed by atoms with Crippen LogP contribution < -0.4 is 0 Å². The van der Waals surface area contributed by atoms with Crippen molar-refractivity contribution in [1.29, 1.82) is 0 Å². The monoisotopic (exact) mass is 311 g/mol. The summed E-state index contributed by atoms with van der Waals surface area (Å²) in [5.74, 6) is -1.71. The molecule has 0 aliphatic carbocycles. The molecular formula is C14H17NO5S. The Morgan fingerprint density at radius 2 is 1.62 bits per heavy atom. The van der Waals surface area contributed by atoms with Gasteiger partial charge in [-0.2, -0.15) is 4.31 Å². The highest BCUT2D eigenvalue weighted by Crippen LogP contribution is 2.16. The van der Waals surface area contributed by atoms with E-state index in [4.69, 9.17) is 5.11 Å². The molecule has 7 heteroatoms. The van der Waals surface area contributed by atoms with Crippen LogP contribution >= 0.6 is 0 Å². The Kier molecular flexibility index (Phi) is 5.80. The highest BCUT2D eigenvalue weighted by atomic mass is 32.2. The maximum Gasteiger partial charge on any atom is 0.328 e. The molecule has 1 aromatic carbocycles. The molecular weight excluding hydrogens is 294 g/mol. The second kappa shape index (κ2) is 7.14. The van der Waals surface area contributed by atoms with Gasteiger partial charge in [0.2, 0.25) is 10.0 Å². The number of benzene rings is 1. The number of hydrogen-bond acceptors (Lipinski definition) is 4. The topological polar surface area (TPSA) is 91.8 Å². The van der Waals surface area contributed by atoms with Crippen molar-refractivity contribution in [3.05, 3.63) is 42.0 Å². The van der Waals surface area contributed by atoms with E-state index in [2.05, 4.69) is 0 Å². The zero-order valence-electron chi connectivity index (χ0n) is 11.8. The predicted octanol–water partition coefficient (Wildman–Crippen LogP) is 1.54. The number of carboxylic acids is 1. The van der Waals surface area contributed by atoms with E-state index >= 15 is 0 Å². The Balaban J connectivity index is 3.03. The smallest absolute Gasteiger partial charge is 0.328 e. The lowest BCUT2D eigenvalue weighted by atomic mass is 10.1. The Morgan fingerprint density at radius 3 is 2.05 bits per heavy atom. The lowest BCUT2D eigenvalue weighted by molar-refractivity contribution is -0.131. The molecule has 114 valence electrons. The first-order chi connectivity index (χ1) is 9.82. The van der Waals surface area contributed by atoms with E-state index in [0.717, 1.165) is 12.2 Å². The van der Waals surface area contributed by atoms with Crippen molar-refractivity contribution in [2.24, 2.45) is 0 Å². The minimum Gasteiger partial charge on any atom is -0.478 e. The van der Waals surface area contributed by atoms with E-state index in [-0.39, 0.29) is 10.5 Å². The molecule has 0 aliphatic rings. The maximum absolute atomic E-state index is 12.2. The van der Waals surface area contributed by atoms with Crippen LogP contribution in [0.4, 0.5) is 0 Å². The summed E-state index contributed by atoms with van der Waals surface area (Å²) in [6.45, 7) is 4.22. The van der Waals surface area contributed by atoms with Crippen molar-refractivity contribution < 1.29 is 23.1 Å². The third-order valence-corrected chi connectivity index (χ3v) is 4.92. The highest BCUT2D eigenvalue weighted by Gasteiger charge is 2.21. The van der Waals surface area contributed by atoms with Gasteiger partial charge in [-0.05, 0) is 30.3 Å². The lowest BCUT2D eigenvalue weighted by Gasteiger charge is -2.18. The third kappa shape index (κ3) is 4.24. The standard InChI is InChI=1S/C14H17NO5S/c1-3-15(4-2)21(19,20)12-7-5-11(6-8-12)13(16)9-10-14(17)18/h5-10H,3-4H2,1-2H3,(H,17,18)/b10-9+. The first-order valence-electron chi connectivity index (χ1n) is 6.38. The number of carbonyl (C=O) groups excluding carboxylic acids is 1. The minimum absolute atomic E-state index is 0.102. The molecule has 6 nitrogen and oxygen atoms in total. The van der Waals surface area contributed by atoms with Crippen LogP contribution in [-0.4, -0.2) is 42.7 Å². The SMILES string of the molecule is CCN(CC)S(=O)(=O)c1ccc(C(=O)/C=C/C(=O)O)cc1. The van der Waals surface area contributed by atoms with E-state index in [9.17, 15) is 18.0 Å². The Hall–Kier alpha value is -1.99. The van der Waals surface area contributed by atoms with Gasteiger partial charge in [0.25, 0.3) is 0 Å². The second-order valence-corrected chi connectivity index (χ2v) is 6.09. The predicted molar refractivity (Wildman–Crippen MR) is 77.7 cm³/mol. The maximum atomic E-state index is 12.2. The number of ketones is 1. The zero-order chi connectivity index (χ0) is 16.0. The van der Waals surface area contributed by atoms with Crippen LogP contribution in [0.2, 0.25) is 0 Å². The number of aliphatic carboxylic acids is 1. The van der Waals surface area contributed by atoms with E-state index in [0.29, 0.717) is 13.1 Å². The van der Waals surface area contributed by atoms with Crippen molar-refractivity contribution in [2.45, 2.75) is 18.7 Å². The van der Waals surface area contributed by atoms with Crippen LogP contribution in [0.3, 0.4) is 0 Å². The summed E-state index contributed by atoms with van der Waals surface area (Å²) in [5, 5.41) is 8.45. The van der Waals surface area contributed by atoms with Crippen molar-refractivity contribution in [3.63, 3.8) is 0 Å². The minimum atomic E-state index is -3.56. The van der Waals surface area contributed by atoms with Crippen LogP contribution in [0.1, 0.15) is 24.2 Å². The van der Waals surface area contributed by atoms with Gasteiger partial charge in [-0.25, -0.2) is 13.2 Å². The first kappa shape index (κ1) is 17.1. The number of sulfonamides is 1. The van der Waals surface area contributed by atoms with Gasteiger partial charge < -0.3 is 5.11 Å². The third-order valence-electron chi connectivity index (χ3n) is 2.86. The van der Waals surface area contributed by atoms with Gasteiger partial charge in [-0.3, -0.25) is 4.79 Å². The molecule has 0 aromatic heterocycles. The van der Waals surface area contributed by atoms with Gasteiger partial charge in [0.05, 0.1) is 4.90 Å². The molecule has 0 amide bonds. The Morgan fingerprint density at radius 1 is 1.10 bits per heavy atom. The number of hydrogen-bond donors (Lipinski definition) is 1. The van der Waals surface area contributed by atoms with Crippen LogP contribution in [0, 0.1) is 0 Å². The highest BCUT2D eigenvalue weighted by molar-refractivity contribution is 7.89. The summed E-state index contributed by atoms with van der Waals surface area (Å²) >= 11 is 0. The normalized spacial score (nSPS) is 12.0. The quantitative estimate of drug-likeness (QED) is 0.609. The average Bonchev–Trinajstić information content (AvgIpc) is 2.45. The van der Waals surface area contributed by atoms with Crippen LogP contribution in [0.15, 0.2) is 41.3 Å². The van der Waals surface area contributed by atoms with Crippen molar-refractivity contribution in [1.82, 2.24) is 4.31 Å². The van der Waals surface area contributed by atoms with Crippen molar-refractivity contribution in [2.75, 3.05) is 13.1 Å². The van der Waals surface area contributed by atoms with Crippen molar-refractivity contribution >= 4 is 21.8 Å². The molecule has 0 aliphatic heterocycles. The van der Waals surface area contributed by atoms with Gasteiger partial charge in [0.1, 0.15) is 0 Å². The molecule has 1 aromatic rings. The van der Waals surface area contributed by atoms with Crippen LogP contribution in [-0.2, 0) is 14.8 Å². The molecule has 1 rings (SSSR count). The fourth-order valence-corrected chi connectivity index (χ4v) is 3.20. The molecule has 0 fully saturated rings. The number of nitrogens with zero attached hydrogens (tertiary/aromatic N) is 1. The Bertz CT molecular complexity index is 642. The molecule has 0 spiro atoms. The molecule has 21 heavy (non-hydrogen) atoms. The second-order valence-electron chi connectivity index (χ2n) is 4.15. The molecule has 0 bridgehead atoms. The van der Waals surface area contributed by atoms with Gasteiger partial charge in [-0.1, -0.05) is 13.8 Å². The molecule has 0 radical (unpaired) electrons. The largest absolute Gasteiger partial charge is 0.478 e. The number of carboxylic acid groups (broad SMARTS) is 1. The molecule has 0 atom stereocenters. The van der Waals surface area contributed by atoms with Gasteiger partial charge >= 0.3 is 5.97 Å². The van der Waals surface area contributed by atoms with Crippen molar-refractivity contribution in [3.8, 4) is 0 Å². The summed E-state index contributed by atoms with van der Waals surface area (Å²) in [4.78, 5) is 22.1. The first-order valence-corrected chi connectivity index (χ1v) is 7.82. The van der Waals surface area contributed by atoms with Gasteiger partial charge in [-0.15, -0.1) is 0 Å². The average molecular weight is 311 g/mol. The van der Waals surface area contributed by atoms with E-state index in [1.807, 2.05) is 0 Å². The molecule has 0 heterocycles. The van der Waals surface area contributed by atoms with Crippen LogP contribution in [0.5, 0.6) is 0 Å². The van der Waals surface area contributed by atoms with Gasteiger partial charge in [0.15, 0.2) is 5.78 Å². The summed E-state index contributed by atoms with van der Waals surface area (Å²) in [7, 11) is -3.56. The Labute approximate surface area is 123 Å². The van der Waals surface area contributed by atoms with Crippen LogP contribution in [0.25, 0.3) is 0 Å². The van der Waals surface area contributed by atoms with E-state index < -0.39 is 21.8 Å². The fourth-order valence-electron chi connectivity index (χ4n) is 1.75. The van der Waals surface area contributed by atoms with E-state index in [1.54, 1.807) is 13.8 Å². The summed E-state index contributed by atoms with van der Waals surface area (Å²) in [6, 6.07) is 5.42. The zero-order valence-corrected chi connectivity index (χ0v) is 12.6. The summed E-state index contributed by atoms with van der Waals surface area (Å²) < 4.78 is 25.8. The number of carbonyl (C=O) groups is 2. The summed E-state index contributed by atoms with van der Waals surface area (Å²) in [6.07, 6.45) is 1.67. The number of allylic oxidation sites excluding steroid dienone is 1. The molecule has 1 N–H and O–H groups in total. The molecule has 0 unspecified atom stereocenters. The molecule has 0 saturated carbocycles. The summed E-state index contributed by atoms with van der Waals surface area (Å²) in [5.41, 5.74) is 0.228. The van der Waals surface area contributed by atoms with E-state index in [1.165, 1.54) is 28.6 Å². The lowest BCUT2D eigenvalue weighted by Crippen LogP contribution is -2.30.